The van der Waals surface area contributed by atoms with E-state index in [0.29, 0.717) is 12.2 Å². The number of ether oxygens (including phenoxy) is 2. The minimum atomic E-state index is -1.15. The zero-order valence-electron chi connectivity index (χ0n) is 14.1. The van der Waals surface area contributed by atoms with Crippen molar-refractivity contribution in [2.75, 3.05) is 13.2 Å². The molecule has 0 atom stereocenters. The molecule has 1 rings (SSSR count). The second-order valence-corrected chi connectivity index (χ2v) is 5.65. The summed E-state index contributed by atoms with van der Waals surface area (Å²) >= 11 is 6.13. The van der Waals surface area contributed by atoms with E-state index in [1.165, 1.54) is 18.2 Å². The Hall–Kier alpha value is -2.72. The maximum absolute atomic E-state index is 12.0. The highest BCUT2D eigenvalue weighted by Gasteiger charge is 2.15. The van der Waals surface area contributed by atoms with Gasteiger partial charge in [0.2, 0.25) is 0 Å². The number of carbonyl (C=O) groups excluding carboxylic acids is 1. The van der Waals surface area contributed by atoms with E-state index in [4.69, 9.17) is 26.2 Å². The van der Waals surface area contributed by atoms with Crippen LogP contribution in [0.2, 0.25) is 5.02 Å². The maximum Gasteiger partial charge on any atom is 0.341 e. The van der Waals surface area contributed by atoms with Crippen molar-refractivity contribution >= 4 is 29.6 Å². The molecule has 0 aliphatic rings. The molecule has 8 heteroatoms. The van der Waals surface area contributed by atoms with Gasteiger partial charge in [0.15, 0.2) is 18.1 Å². The Kier molecular flexibility index (Phi) is 7.76. The zero-order chi connectivity index (χ0) is 19.0. The predicted molar refractivity (Wildman–Crippen MR) is 92.6 cm³/mol. The van der Waals surface area contributed by atoms with Gasteiger partial charge in [-0.1, -0.05) is 11.6 Å². The molecule has 0 fully saturated rings. The van der Waals surface area contributed by atoms with Crippen LogP contribution in [-0.4, -0.2) is 36.2 Å². The standard InChI is InChI=1S/C17H19ClN2O5/c1-4-24-14-7-11(5-12(8-19)17(23)20-10(2)3)6-13(18)16(14)25-9-15(21)22/h5-7,10H,4,9H2,1-3H3,(H,20,23)(H,21,22)/b12-5-. The number of rotatable bonds is 8. The highest BCUT2D eigenvalue weighted by atomic mass is 35.5. The first-order valence-electron chi connectivity index (χ1n) is 7.52. The van der Waals surface area contributed by atoms with E-state index >= 15 is 0 Å². The Morgan fingerprint density at radius 2 is 2.08 bits per heavy atom. The number of nitriles is 1. The number of hydrogen-bond donors (Lipinski definition) is 2. The van der Waals surface area contributed by atoms with Crippen molar-refractivity contribution in [1.29, 1.82) is 5.26 Å². The number of aliphatic carboxylic acids is 1. The van der Waals surface area contributed by atoms with E-state index in [2.05, 4.69) is 5.32 Å². The molecular weight excluding hydrogens is 348 g/mol. The topological polar surface area (TPSA) is 109 Å². The molecular formula is C17H19ClN2O5. The maximum atomic E-state index is 12.0. The Morgan fingerprint density at radius 1 is 1.40 bits per heavy atom. The quantitative estimate of drug-likeness (QED) is 0.540. The van der Waals surface area contributed by atoms with Crippen molar-refractivity contribution in [2.24, 2.45) is 0 Å². The van der Waals surface area contributed by atoms with E-state index in [9.17, 15) is 14.9 Å². The lowest BCUT2D eigenvalue weighted by molar-refractivity contribution is -0.139. The molecule has 1 aromatic rings. The van der Waals surface area contributed by atoms with Gasteiger partial charge in [-0.15, -0.1) is 0 Å². The molecule has 1 aromatic carbocycles. The van der Waals surface area contributed by atoms with Crippen LogP contribution in [-0.2, 0) is 9.59 Å². The minimum Gasteiger partial charge on any atom is -0.490 e. The van der Waals surface area contributed by atoms with Gasteiger partial charge in [-0.25, -0.2) is 4.79 Å². The summed E-state index contributed by atoms with van der Waals surface area (Å²) in [6.45, 7) is 5.03. The Labute approximate surface area is 150 Å². The summed E-state index contributed by atoms with van der Waals surface area (Å²) in [5.41, 5.74) is 0.359. The first kappa shape index (κ1) is 20.3. The van der Waals surface area contributed by atoms with Gasteiger partial charge in [0, 0.05) is 6.04 Å². The van der Waals surface area contributed by atoms with E-state index < -0.39 is 18.5 Å². The first-order valence-corrected chi connectivity index (χ1v) is 7.89. The fraction of sp³-hybridized carbons (Fsp3) is 0.353. The van der Waals surface area contributed by atoms with Crippen LogP contribution in [0, 0.1) is 11.3 Å². The molecule has 0 radical (unpaired) electrons. The summed E-state index contributed by atoms with van der Waals surface area (Å²) in [6, 6.07) is 4.71. The molecule has 0 spiro atoms. The number of halogens is 1. The van der Waals surface area contributed by atoms with Gasteiger partial charge in [0.25, 0.3) is 5.91 Å². The lowest BCUT2D eigenvalue weighted by Crippen LogP contribution is -2.30. The van der Waals surface area contributed by atoms with Crippen LogP contribution in [0.4, 0.5) is 0 Å². The fourth-order valence-electron chi connectivity index (χ4n) is 1.86. The average Bonchev–Trinajstić information content (AvgIpc) is 2.51. The number of hydrogen-bond acceptors (Lipinski definition) is 5. The van der Waals surface area contributed by atoms with Gasteiger partial charge in [0.05, 0.1) is 11.6 Å². The first-order chi connectivity index (χ1) is 11.8. The molecule has 0 bridgehead atoms. The Morgan fingerprint density at radius 3 is 2.60 bits per heavy atom. The molecule has 7 nitrogen and oxygen atoms in total. The van der Waals surface area contributed by atoms with Gasteiger partial charge in [-0.2, -0.15) is 5.26 Å². The van der Waals surface area contributed by atoms with Crippen LogP contribution in [0.25, 0.3) is 6.08 Å². The van der Waals surface area contributed by atoms with Gasteiger partial charge in [-0.3, -0.25) is 4.79 Å². The lowest BCUT2D eigenvalue weighted by Gasteiger charge is -2.13. The lowest BCUT2D eigenvalue weighted by atomic mass is 10.1. The van der Waals surface area contributed by atoms with Crippen molar-refractivity contribution in [3.8, 4) is 17.6 Å². The van der Waals surface area contributed by atoms with Crippen molar-refractivity contribution in [1.82, 2.24) is 5.32 Å². The predicted octanol–water partition coefficient (Wildman–Crippen LogP) is 2.63. The fourth-order valence-corrected chi connectivity index (χ4v) is 2.14. The number of nitrogens with one attached hydrogen (secondary N) is 1. The third-order valence-electron chi connectivity index (χ3n) is 2.77. The molecule has 0 aliphatic heterocycles. The minimum absolute atomic E-state index is 0.0909. The largest absolute Gasteiger partial charge is 0.490 e. The van der Waals surface area contributed by atoms with E-state index in [1.54, 1.807) is 20.8 Å². The third kappa shape index (κ3) is 6.36. The molecule has 0 aromatic heterocycles. The Bertz CT molecular complexity index is 722. The summed E-state index contributed by atoms with van der Waals surface area (Å²) in [7, 11) is 0. The highest BCUT2D eigenvalue weighted by Crippen LogP contribution is 2.37. The summed E-state index contributed by atoms with van der Waals surface area (Å²) in [6.07, 6.45) is 1.37. The summed E-state index contributed by atoms with van der Waals surface area (Å²) in [4.78, 5) is 22.6. The second kappa shape index (κ2) is 9.55. The van der Waals surface area contributed by atoms with Crippen LogP contribution in [0.15, 0.2) is 17.7 Å². The smallest absolute Gasteiger partial charge is 0.341 e. The monoisotopic (exact) mass is 366 g/mol. The van der Waals surface area contributed by atoms with E-state index in [0.717, 1.165) is 0 Å². The van der Waals surface area contributed by atoms with E-state index in [1.807, 2.05) is 6.07 Å². The molecule has 1 amide bonds. The van der Waals surface area contributed by atoms with Crippen molar-refractivity contribution < 1.29 is 24.2 Å². The molecule has 0 heterocycles. The van der Waals surface area contributed by atoms with Gasteiger partial charge < -0.3 is 19.9 Å². The van der Waals surface area contributed by atoms with Gasteiger partial charge in [0.1, 0.15) is 11.6 Å². The van der Waals surface area contributed by atoms with Crippen LogP contribution < -0.4 is 14.8 Å². The second-order valence-electron chi connectivity index (χ2n) is 5.24. The molecule has 0 aliphatic carbocycles. The van der Waals surface area contributed by atoms with Crippen LogP contribution in [0.1, 0.15) is 26.3 Å². The van der Waals surface area contributed by atoms with Gasteiger partial charge >= 0.3 is 5.97 Å². The number of amides is 1. The van der Waals surface area contributed by atoms with E-state index in [-0.39, 0.29) is 28.1 Å². The van der Waals surface area contributed by atoms with Crippen molar-refractivity contribution in [3.05, 3.63) is 28.3 Å². The molecule has 0 unspecified atom stereocenters. The normalized spacial score (nSPS) is 11.0. The molecule has 0 saturated heterocycles. The number of carboxylic acids is 1. The average molecular weight is 367 g/mol. The third-order valence-corrected chi connectivity index (χ3v) is 3.05. The Balaban J connectivity index is 3.24. The van der Waals surface area contributed by atoms with Crippen molar-refractivity contribution in [3.63, 3.8) is 0 Å². The zero-order valence-corrected chi connectivity index (χ0v) is 14.9. The summed E-state index contributed by atoms with van der Waals surface area (Å²) in [5, 5.41) is 20.6. The number of nitrogens with zero attached hydrogens (tertiary/aromatic N) is 1. The highest BCUT2D eigenvalue weighted by molar-refractivity contribution is 6.32. The van der Waals surface area contributed by atoms with Gasteiger partial charge in [-0.05, 0) is 44.5 Å². The number of carbonyl (C=O) groups is 2. The summed E-state index contributed by atoms with van der Waals surface area (Å²) in [5.74, 6) is -1.34. The number of benzene rings is 1. The summed E-state index contributed by atoms with van der Waals surface area (Å²) < 4.78 is 10.6. The SMILES string of the molecule is CCOc1cc(/C=C(/C#N)C(=O)NC(C)C)cc(Cl)c1OCC(=O)O. The number of carboxylic acid groups (broad SMARTS) is 1. The van der Waals surface area contributed by atoms with Crippen LogP contribution in [0.5, 0.6) is 11.5 Å². The molecule has 0 saturated carbocycles. The molecule has 2 N–H and O–H groups in total. The van der Waals surface area contributed by atoms with Crippen LogP contribution in [0.3, 0.4) is 0 Å². The van der Waals surface area contributed by atoms with Crippen molar-refractivity contribution in [2.45, 2.75) is 26.8 Å². The molecule has 25 heavy (non-hydrogen) atoms. The van der Waals surface area contributed by atoms with Crippen LogP contribution >= 0.6 is 11.6 Å². The molecule has 134 valence electrons.